The molecule has 5 nitrogen and oxygen atoms in total. The van der Waals surface area contributed by atoms with Gasteiger partial charge in [0.2, 0.25) is 0 Å². The normalized spacial score (nSPS) is 10.0. The molecule has 2 aromatic rings. The van der Waals surface area contributed by atoms with Crippen molar-refractivity contribution in [3.63, 3.8) is 0 Å². The maximum Gasteiger partial charge on any atom is 0.288 e. The molecule has 0 spiro atoms. The minimum Gasteiger partial charge on any atom is -0.266 e. The van der Waals surface area contributed by atoms with Crippen LogP contribution in [0, 0.1) is 0 Å². The third-order valence-electron chi connectivity index (χ3n) is 1.38. The van der Waals surface area contributed by atoms with Gasteiger partial charge in [0.15, 0.2) is 0 Å². The average Bonchev–Trinajstić information content (AvgIpc) is 2.57. The molecule has 0 atom stereocenters. The monoisotopic (exact) mass is 162 g/mol. The van der Waals surface area contributed by atoms with Gasteiger partial charge in [-0.3, -0.25) is 4.79 Å². The fraction of sp³-hybridized carbons (Fsp3) is 0. The number of nitrogens with zero attached hydrogens (tertiary/aromatic N) is 4. The summed E-state index contributed by atoms with van der Waals surface area (Å²) >= 11 is 0. The molecule has 0 saturated heterocycles. The summed E-state index contributed by atoms with van der Waals surface area (Å²) in [5, 5.41) is 7.69. The Morgan fingerprint density at radius 2 is 2.00 bits per heavy atom. The Morgan fingerprint density at radius 1 is 1.17 bits per heavy atom. The highest BCUT2D eigenvalue weighted by Gasteiger charge is 1.95. The number of hydrogen-bond donors (Lipinski definition) is 0. The zero-order chi connectivity index (χ0) is 8.39. The van der Waals surface area contributed by atoms with Gasteiger partial charge < -0.3 is 0 Å². The van der Waals surface area contributed by atoms with Crippen LogP contribution in [0.15, 0.2) is 41.6 Å². The van der Waals surface area contributed by atoms with Crippen LogP contribution in [-0.4, -0.2) is 19.8 Å². The topological polar surface area (TPSA) is 52.7 Å². The van der Waals surface area contributed by atoms with E-state index in [1.807, 2.05) is 0 Å². The number of aromatic nitrogens is 4. The molecule has 60 valence electrons. The van der Waals surface area contributed by atoms with Gasteiger partial charge in [-0.25, -0.2) is 0 Å². The van der Waals surface area contributed by atoms with Gasteiger partial charge in [-0.2, -0.15) is 15.0 Å². The smallest absolute Gasteiger partial charge is 0.266 e. The Morgan fingerprint density at radius 3 is 2.67 bits per heavy atom. The van der Waals surface area contributed by atoms with Gasteiger partial charge in [-0.15, -0.1) is 4.79 Å². The molecule has 0 amide bonds. The first-order valence-electron chi connectivity index (χ1n) is 3.42. The third-order valence-corrected chi connectivity index (χ3v) is 1.38. The van der Waals surface area contributed by atoms with Crippen molar-refractivity contribution in [1.29, 1.82) is 0 Å². The van der Waals surface area contributed by atoms with Gasteiger partial charge in [-0.1, -0.05) is 0 Å². The summed E-state index contributed by atoms with van der Waals surface area (Å²) in [6.07, 6.45) is 4.76. The predicted molar refractivity (Wildman–Crippen MR) is 41.5 cm³/mol. The summed E-state index contributed by atoms with van der Waals surface area (Å²) in [5.41, 5.74) is -0.207. The van der Waals surface area contributed by atoms with Gasteiger partial charge in [0, 0.05) is 12.3 Å². The maximum absolute atomic E-state index is 11.2. The number of hydrogen-bond acceptors (Lipinski definition) is 3. The van der Waals surface area contributed by atoms with Crippen LogP contribution in [0.3, 0.4) is 0 Å². The zero-order valence-electron chi connectivity index (χ0n) is 6.16. The molecule has 0 radical (unpaired) electrons. The van der Waals surface area contributed by atoms with E-state index in [0.717, 1.165) is 0 Å². The molecule has 0 aliphatic carbocycles. The van der Waals surface area contributed by atoms with Crippen LogP contribution < -0.4 is 5.56 Å². The molecular weight excluding hydrogens is 156 g/mol. The van der Waals surface area contributed by atoms with Crippen molar-refractivity contribution in [1.82, 2.24) is 19.8 Å². The Balaban J connectivity index is 2.63. The molecule has 0 fully saturated rings. The second-order valence-electron chi connectivity index (χ2n) is 2.18. The first-order chi connectivity index (χ1) is 5.88. The zero-order valence-corrected chi connectivity index (χ0v) is 6.16. The largest absolute Gasteiger partial charge is 0.288 e. The predicted octanol–water partition coefficient (Wildman–Crippen LogP) is -0.249. The molecule has 0 unspecified atom stereocenters. The molecule has 2 rings (SSSR count). The van der Waals surface area contributed by atoms with Crippen molar-refractivity contribution >= 4 is 0 Å². The van der Waals surface area contributed by atoms with E-state index in [9.17, 15) is 4.79 Å². The first kappa shape index (κ1) is 6.78. The Hall–Kier alpha value is -1.91. The third kappa shape index (κ3) is 1.01. The van der Waals surface area contributed by atoms with E-state index in [1.54, 1.807) is 24.5 Å². The van der Waals surface area contributed by atoms with Gasteiger partial charge in [0.25, 0.3) is 5.56 Å². The summed E-state index contributed by atoms with van der Waals surface area (Å²) in [6.45, 7) is 0. The standard InChI is InChI=1S/C7H6N4O/c12-7-3-1-4-9-11(7)10-6-2-5-8-10/h1-6H. The van der Waals surface area contributed by atoms with E-state index in [0.29, 0.717) is 0 Å². The molecule has 0 N–H and O–H groups in total. The second-order valence-corrected chi connectivity index (χ2v) is 2.18. The Bertz CT molecular complexity index is 417. The molecule has 2 aromatic heterocycles. The van der Waals surface area contributed by atoms with Crippen molar-refractivity contribution in [2.24, 2.45) is 0 Å². The van der Waals surface area contributed by atoms with Crippen LogP contribution in [-0.2, 0) is 0 Å². The quantitative estimate of drug-likeness (QED) is 0.581. The summed E-state index contributed by atoms with van der Waals surface area (Å²) in [6, 6.07) is 4.73. The molecular formula is C7H6N4O. The minimum absolute atomic E-state index is 0.207. The van der Waals surface area contributed by atoms with E-state index in [2.05, 4.69) is 10.2 Å². The van der Waals surface area contributed by atoms with Crippen LogP contribution in [0.1, 0.15) is 0 Å². The highest BCUT2D eigenvalue weighted by atomic mass is 16.1. The highest BCUT2D eigenvalue weighted by Crippen LogP contribution is 1.81. The van der Waals surface area contributed by atoms with Crippen LogP contribution in [0.25, 0.3) is 0 Å². The van der Waals surface area contributed by atoms with Gasteiger partial charge in [-0.05, 0) is 12.1 Å². The molecule has 2 heterocycles. The van der Waals surface area contributed by atoms with Crippen LogP contribution >= 0.6 is 0 Å². The number of rotatable bonds is 1. The van der Waals surface area contributed by atoms with E-state index in [-0.39, 0.29) is 5.56 Å². The molecule has 0 saturated carbocycles. The van der Waals surface area contributed by atoms with Crippen molar-refractivity contribution in [3.05, 3.63) is 47.1 Å². The van der Waals surface area contributed by atoms with E-state index in [1.165, 1.54) is 21.8 Å². The fourth-order valence-corrected chi connectivity index (χ4v) is 0.877. The van der Waals surface area contributed by atoms with Crippen LogP contribution in [0.5, 0.6) is 0 Å². The Kier molecular flexibility index (Phi) is 1.48. The lowest BCUT2D eigenvalue weighted by atomic mass is 10.6. The van der Waals surface area contributed by atoms with Crippen LogP contribution in [0.2, 0.25) is 0 Å². The summed E-state index contributed by atoms with van der Waals surface area (Å²) in [7, 11) is 0. The van der Waals surface area contributed by atoms with Crippen molar-refractivity contribution in [2.75, 3.05) is 0 Å². The Labute approximate surface area is 67.8 Å². The van der Waals surface area contributed by atoms with E-state index >= 15 is 0 Å². The summed E-state index contributed by atoms with van der Waals surface area (Å²) in [4.78, 5) is 13.7. The van der Waals surface area contributed by atoms with Gasteiger partial charge >= 0.3 is 0 Å². The lowest BCUT2D eigenvalue weighted by Crippen LogP contribution is -2.27. The lowest BCUT2D eigenvalue weighted by molar-refractivity contribution is 0.479. The van der Waals surface area contributed by atoms with Crippen molar-refractivity contribution < 1.29 is 0 Å². The summed E-state index contributed by atoms with van der Waals surface area (Å²) in [5.74, 6) is 0. The molecule has 0 bridgehead atoms. The van der Waals surface area contributed by atoms with Crippen molar-refractivity contribution in [3.8, 4) is 0 Å². The maximum atomic E-state index is 11.2. The minimum atomic E-state index is -0.207. The van der Waals surface area contributed by atoms with Gasteiger partial charge in [0.05, 0.1) is 12.4 Å². The lowest BCUT2D eigenvalue weighted by Gasteiger charge is -2.00. The van der Waals surface area contributed by atoms with Crippen molar-refractivity contribution in [2.45, 2.75) is 0 Å². The van der Waals surface area contributed by atoms with Crippen LogP contribution in [0.4, 0.5) is 0 Å². The van der Waals surface area contributed by atoms with E-state index in [4.69, 9.17) is 0 Å². The van der Waals surface area contributed by atoms with E-state index < -0.39 is 0 Å². The molecule has 0 aliphatic heterocycles. The fourth-order valence-electron chi connectivity index (χ4n) is 0.877. The highest BCUT2D eigenvalue weighted by molar-refractivity contribution is 4.86. The SMILES string of the molecule is O=c1cccnn1-n1cccn1. The molecule has 12 heavy (non-hydrogen) atoms. The second kappa shape index (κ2) is 2.61. The molecule has 0 aromatic carbocycles. The summed E-state index contributed by atoms with van der Waals surface area (Å²) < 4.78 is 0. The van der Waals surface area contributed by atoms with Gasteiger partial charge in [0.1, 0.15) is 0 Å². The first-order valence-corrected chi connectivity index (χ1v) is 3.42. The molecule has 0 aliphatic rings. The molecule has 5 heteroatoms. The average molecular weight is 162 g/mol.